The molecule has 0 aliphatic heterocycles. The summed E-state index contributed by atoms with van der Waals surface area (Å²) in [4.78, 5) is 0. The Bertz CT molecular complexity index is 431. The summed E-state index contributed by atoms with van der Waals surface area (Å²) in [5.74, 6) is 0. The van der Waals surface area contributed by atoms with E-state index in [9.17, 15) is 0 Å². The van der Waals surface area contributed by atoms with Crippen molar-refractivity contribution < 1.29 is 23.1 Å². The van der Waals surface area contributed by atoms with E-state index >= 15 is 0 Å². The molecule has 0 bridgehead atoms. The van der Waals surface area contributed by atoms with Crippen molar-refractivity contribution in [2.45, 2.75) is 46.6 Å². The third kappa shape index (κ3) is 9.95. The minimum absolute atomic E-state index is 0.345. The molecule has 0 atom stereocenters. The molecule has 0 saturated heterocycles. The lowest BCUT2D eigenvalue weighted by molar-refractivity contribution is -0.109. The molecule has 25 heavy (non-hydrogen) atoms. The van der Waals surface area contributed by atoms with Gasteiger partial charge in [-0.2, -0.15) is 0 Å². The van der Waals surface area contributed by atoms with Crippen molar-refractivity contribution in [2.75, 3.05) is 46.2 Å². The quantitative estimate of drug-likeness (QED) is 0.410. The van der Waals surface area contributed by atoms with Crippen molar-refractivity contribution in [3.63, 3.8) is 0 Å². The SMILES string of the molecule is [2H]CCCOCC(COCCC[2H])(COCCC[2H])COCc1ccccc1. The molecule has 0 unspecified atom stereocenters. The first-order valence-electron chi connectivity index (χ1n) is 11.1. The molecule has 0 spiro atoms. The van der Waals surface area contributed by atoms with Gasteiger partial charge in [-0.15, -0.1) is 0 Å². The predicted molar refractivity (Wildman–Crippen MR) is 102 cm³/mol. The second kappa shape index (κ2) is 14.3. The molecule has 144 valence electrons. The van der Waals surface area contributed by atoms with E-state index in [1.165, 1.54) is 0 Å². The standard InChI is InChI=1S/C21H36O4/c1-4-12-22-16-21(17-23-13-5-2,18-24-14-6-3)19-25-15-20-10-8-7-9-11-20/h7-11H,4-6,12-19H2,1-3H3/i1D,2D,3D. The molecule has 1 rings (SSSR count). The second-order valence-corrected chi connectivity index (χ2v) is 6.20. The molecule has 0 heterocycles. The molecule has 0 aliphatic rings. The number of rotatable bonds is 16. The van der Waals surface area contributed by atoms with Gasteiger partial charge in [0.2, 0.25) is 0 Å². The van der Waals surface area contributed by atoms with Crippen LogP contribution in [0.15, 0.2) is 30.3 Å². The predicted octanol–water partition coefficient (Wildman–Crippen LogP) is 4.47. The third-order valence-electron chi connectivity index (χ3n) is 3.61. The van der Waals surface area contributed by atoms with Crippen molar-refractivity contribution in [3.05, 3.63) is 35.9 Å². The van der Waals surface area contributed by atoms with Crippen LogP contribution in [0, 0.1) is 5.41 Å². The van der Waals surface area contributed by atoms with Gasteiger partial charge in [-0.3, -0.25) is 0 Å². The van der Waals surface area contributed by atoms with E-state index < -0.39 is 5.41 Å². The Hall–Kier alpha value is -0.940. The maximum Gasteiger partial charge on any atom is 0.0717 e. The van der Waals surface area contributed by atoms with E-state index in [2.05, 4.69) is 0 Å². The first-order chi connectivity index (χ1) is 13.8. The molecule has 0 N–H and O–H groups in total. The number of hydrogen-bond donors (Lipinski definition) is 0. The molecule has 1 aromatic carbocycles. The summed E-state index contributed by atoms with van der Waals surface area (Å²) in [7, 11) is 0. The molecule has 0 aliphatic carbocycles. The summed E-state index contributed by atoms with van der Waals surface area (Å²) in [5.41, 5.74) is 0.665. The van der Waals surface area contributed by atoms with Crippen LogP contribution in [0.4, 0.5) is 0 Å². The fraction of sp³-hybridized carbons (Fsp3) is 0.714. The summed E-state index contributed by atoms with van der Waals surface area (Å²) in [6.45, 7) is 4.87. The van der Waals surface area contributed by atoms with Gasteiger partial charge in [0.05, 0.1) is 38.4 Å². The zero-order valence-corrected chi connectivity index (χ0v) is 15.4. The fourth-order valence-corrected chi connectivity index (χ4v) is 2.38. The topological polar surface area (TPSA) is 36.9 Å². The van der Waals surface area contributed by atoms with Crippen molar-refractivity contribution in [3.8, 4) is 0 Å². The van der Waals surface area contributed by atoms with E-state index in [-0.39, 0.29) is 0 Å². The van der Waals surface area contributed by atoms with Crippen LogP contribution in [0.2, 0.25) is 0 Å². The van der Waals surface area contributed by atoms with E-state index in [0.29, 0.717) is 92.8 Å². The molecule has 4 heteroatoms. The van der Waals surface area contributed by atoms with Crippen LogP contribution >= 0.6 is 0 Å². The fourth-order valence-electron chi connectivity index (χ4n) is 2.38. The molecule has 1 aromatic rings. The Kier molecular flexibility index (Phi) is 9.96. The van der Waals surface area contributed by atoms with Crippen LogP contribution in [-0.4, -0.2) is 46.2 Å². The molecule has 0 amide bonds. The monoisotopic (exact) mass is 355 g/mol. The van der Waals surface area contributed by atoms with Crippen LogP contribution in [-0.2, 0) is 25.6 Å². The first kappa shape index (κ1) is 17.5. The van der Waals surface area contributed by atoms with Crippen LogP contribution in [0.5, 0.6) is 0 Å². The highest BCUT2D eigenvalue weighted by atomic mass is 16.5. The maximum atomic E-state index is 7.27. The minimum atomic E-state index is -0.444. The molecular weight excluding hydrogens is 316 g/mol. The van der Waals surface area contributed by atoms with Gasteiger partial charge in [-0.1, -0.05) is 51.0 Å². The van der Waals surface area contributed by atoms with Crippen LogP contribution in [0.25, 0.3) is 0 Å². The van der Waals surface area contributed by atoms with Gasteiger partial charge in [0.15, 0.2) is 0 Å². The Morgan fingerprint density at radius 1 is 0.720 bits per heavy atom. The highest BCUT2D eigenvalue weighted by Gasteiger charge is 2.32. The summed E-state index contributed by atoms with van der Waals surface area (Å²) < 4.78 is 45.3. The van der Waals surface area contributed by atoms with Crippen molar-refractivity contribution in [1.29, 1.82) is 0 Å². The van der Waals surface area contributed by atoms with E-state index in [0.717, 1.165) is 5.56 Å². The van der Waals surface area contributed by atoms with Crippen molar-refractivity contribution in [2.24, 2.45) is 5.41 Å². The Balaban J connectivity index is 2.66. The van der Waals surface area contributed by atoms with Gasteiger partial charge in [0.1, 0.15) is 0 Å². The summed E-state index contributed by atoms with van der Waals surface area (Å²) >= 11 is 0. The largest absolute Gasteiger partial charge is 0.381 e. The average Bonchev–Trinajstić information content (AvgIpc) is 2.72. The molecule has 0 aromatic heterocycles. The smallest absolute Gasteiger partial charge is 0.0717 e. The van der Waals surface area contributed by atoms with E-state index in [4.69, 9.17) is 23.1 Å². The number of benzene rings is 1. The highest BCUT2D eigenvalue weighted by Crippen LogP contribution is 2.22. The van der Waals surface area contributed by atoms with Crippen LogP contribution in [0.1, 0.15) is 49.6 Å². The molecule has 4 nitrogen and oxygen atoms in total. The van der Waals surface area contributed by atoms with Gasteiger partial charge < -0.3 is 18.9 Å². The minimum Gasteiger partial charge on any atom is -0.381 e. The van der Waals surface area contributed by atoms with Gasteiger partial charge in [0, 0.05) is 23.9 Å². The Morgan fingerprint density at radius 2 is 1.20 bits per heavy atom. The Morgan fingerprint density at radius 3 is 1.68 bits per heavy atom. The van der Waals surface area contributed by atoms with Crippen LogP contribution < -0.4 is 0 Å². The molecule has 0 saturated carbocycles. The Labute approximate surface area is 158 Å². The normalized spacial score (nSPS) is 13.4. The maximum absolute atomic E-state index is 7.27. The lowest BCUT2D eigenvalue weighted by atomic mass is 9.92. The lowest BCUT2D eigenvalue weighted by Gasteiger charge is -2.33. The lowest BCUT2D eigenvalue weighted by Crippen LogP contribution is -2.42. The zero-order chi connectivity index (χ0) is 20.3. The van der Waals surface area contributed by atoms with E-state index in [1.807, 2.05) is 30.3 Å². The van der Waals surface area contributed by atoms with Crippen LogP contribution in [0.3, 0.4) is 0 Å². The van der Waals surface area contributed by atoms with Gasteiger partial charge in [-0.05, 0) is 24.8 Å². The second-order valence-electron chi connectivity index (χ2n) is 6.20. The van der Waals surface area contributed by atoms with Crippen molar-refractivity contribution >= 4 is 0 Å². The summed E-state index contributed by atoms with van der Waals surface area (Å²) in [6.07, 6.45) is 2.08. The zero-order valence-electron chi connectivity index (χ0n) is 18.4. The molecular formula is C21H36O4. The summed E-state index contributed by atoms with van der Waals surface area (Å²) in [5, 5.41) is 0. The van der Waals surface area contributed by atoms with Crippen molar-refractivity contribution in [1.82, 2.24) is 0 Å². The van der Waals surface area contributed by atoms with Gasteiger partial charge in [0.25, 0.3) is 0 Å². The van der Waals surface area contributed by atoms with Gasteiger partial charge in [-0.25, -0.2) is 0 Å². The average molecular weight is 356 g/mol. The van der Waals surface area contributed by atoms with Gasteiger partial charge >= 0.3 is 0 Å². The molecule has 0 fully saturated rings. The van der Waals surface area contributed by atoms with E-state index in [1.54, 1.807) is 0 Å². The number of ether oxygens (including phenoxy) is 4. The summed E-state index contributed by atoms with van der Waals surface area (Å²) in [6, 6.07) is 10.0. The molecule has 0 radical (unpaired) electrons. The first-order valence-corrected chi connectivity index (χ1v) is 8.99. The third-order valence-corrected chi connectivity index (χ3v) is 3.61. The number of hydrogen-bond acceptors (Lipinski definition) is 4. The highest BCUT2D eigenvalue weighted by molar-refractivity contribution is 5.13.